The summed E-state index contributed by atoms with van der Waals surface area (Å²) in [6, 6.07) is 0. The average Bonchev–Trinajstić information content (AvgIpc) is 2.23. The molecule has 1 atom stereocenters. The first kappa shape index (κ1) is 13.9. The number of aliphatic hydroxyl groups is 1. The van der Waals surface area contributed by atoms with E-state index in [2.05, 4.69) is 6.92 Å². The summed E-state index contributed by atoms with van der Waals surface area (Å²) in [6.07, 6.45) is 5.59. The third-order valence-corrected chi connectivity index (χ3v) is 2.51. The smallest absolute Gasteiger partial charge is 0.161 e. The second-order valence-corrected chi connectivity index (χ2v) is 3.63. The maximum Gasteiger partial charge on any atom is 0.161 e. The third kappa shape index (κ3) is 5.58. The zero-order chi connectivity index (χ0) is 10.8. The minimum absolute atomic E-state index is 0.113. The molecule has 86 valence electrons. The molecule has 0 aliphatic carbocycles. The number of rotatable bonds is 9. The number of aliphatic hydroxyl groups excluding tert-OH is 1. The van der Waals surface area contributed by atoms with Gasteiger partial charge in [0.05, 0.1) is 6.61 Å². The van der Waals surface area contributed by atoms with Gasteiger partial charge in [0.1, 0.15) is 0 Å². The standard InChI is InChI=1S/C11H24O3/c1-4-5-6-7-8-10(9-12)11(13-2)14-3/h10-12H,4-9H2,1-3H3. The van der Waals surface area contributed by atoms with Gasteiger partial charge in [0.15, 0.2) is 6.29 Å². The van der Waals surface area contributed by atoms with Crippen molar-refractivity contribution >= 4 is 0 Å². The highest BCUT2D eigenvalue weighted by Gasteiger charge is 2.19. The molecule has 0 spiro atoms. The van der Waals surface area contributed by atoms with Crippen molar-refractivity contribution in [1.82, 2.24) is 0 Å². The maximum absolute atomic E-state index is 9.16. The van der Waals surface area contributed by atoms with Crippen LogP contribution < -0.4 is 0 Å². The second kappa shape index (κ2) is 9.44. The van der Waals surface area contributed by atoms with Crippen molar-refractivity contribution < 1.29 is 14.6 Å². The number of hydrogen-bond donors (Lipinski definition) is 1. The van der Waals surface area contributed by atoms with Gasteiger partial charge < -0.3 is 14.6 Å². The molecule has 1 N–H and O–H groups in total. The van der Waals surface area contributed by atoms with Crippen molar-refractivity contribution in [2.45, 2.75) is 45.3 Å². The zero-order valence-electron chi connectivity index (χ0n) is 9.66. The molecule has 0 saturated heterocycles. The molecule has 0 amide bonds. The molecule has 3 nitrogen and oxygen atoms in total. The topological polar surface area (TPSA) is 38.7 Å². The van der Waals surface area contributed by atoms with E-state index in [0.29, 0.717) is 0 Å². The third-order valence-electron chi connectivity index (χ3n) is 2.51. The van der Waals surface area contributed by atoms with Gasteiger partial charge in [0, 0.05) is 20.1 Å². The molecule has 0 aromatic rings. The lowest BCUT2D eigenvalue weighted by Gasteiger charge is -2.22. The lowest BCUT2D eigenvalue weighted by molar-refractivity contribution is -0.147. The van der Waals surface area contributed by atoms with Crippen LogP contribution in [-0.4, -0.2) is 32.2 Å². The molecule has 0 aromatic carbocycles. The Kier molecular flexibility index (Phi) is 9.35. The van der Waals surface area contributed by atoms with Gasteiger partial charge in [-0.1, -0.05) is 32.6 Å². The van der Waals surface area contributed by atoms with Gasteiger partial charge in [-0.2, -0.15) is 0 Å². The van der Waals surface area contributed by atoms with Crippen LogP contribution in [0, 0.1) is 5.92 Å². The van der Waals surface area contributed by atoms with Gasteiger partial charge >= 0.3 is 0 Å². The monoisotopic (exact) mass is 204 g/mol. The Balaban J connectivity index is 3.65. The number of methoxy groups -OCH3 is 2. The van der Waals surface area contributed by atoms with E-state index in [1.54, 1.807) is 14.2 Å². The van der Waals surface area contributed by atoms with E-state index >= 15 is 0 Å². The van der Waals surface area contributed by atoms with Crippen LogP contribution in [0.25, 0.3) is 0 Å². The summed E-state index contributed by atoms with van der Waals surface area (Å²) in [5, 5.41) is 9.16. The minimum atomic E-state index is -0.262. The summed E-state index contributed by atoms with van der Waals surface area (Å²) < 4.78 is 10.3. The Bertz CT molecular complexity index is 113. The molecule has 3 heteroatoms. The Morgan fingerprint density at radius 2 is 1.71 bits per heavy atom. The molecule has 1 unspecified atom stereocenters. The Labute approximate surface area is 87.4 Å². The highest BCUT2D eigenvalue weighted by atomic mass is 16.7. The molecule has 0 saturated carbocycles. The van der Waals surface area contributed by atoms with E-state index in [1.807, 2.05) is 0 Å². The molecule has 0 fully saturated rings. The van der Waals surface area contributed by atoms with Gasteiger partial charge in [-0.05, 0) is 6.42 Å². The summed E-state index contributed by atoms with van der Waals surface area (Å²) in [4.78, 5) is 0. The minimum Gasteiger partial charge on any atom is -0.396 e. The van der Waals surface area contributed by atoms with Gasteiger partial charge in [-0.3, -0.25) is 0 Å². The van der Waals surface area contributed by atoms with Crippen LogP contribution in [0.5, 0.6) is 0 Å². The highest BCUT2D eigenvalue weighted by Crippen LogP contribution is 2.16. The first-order valence-corrected chi connectivity index (χ1v) is 5.46. The summed E-state index contributed by atoms with van der Waals surface area (Å²) in [7, 11) is 3.23. The van der Waals surface area contributed by atoms with Crippen LogP contribution in [0.2, 0.25) is 0 Å². The summed E-state index contributed by atoms with van der Waals surface area (Å²) in [6.45, 7) is 2.33. The van der Waals surface area contributed by atoms with Crippen molar-refractivity contribution in [2.75, 3.05) is 20.8 Å². The Morgan fingerprint density at radius 3 is 2.14 bits per heavy atom. The van der Waals surface area contributed by atoms with Crippen LogP contribution in [0.1, 0.15) is 39.0 Å². The largest absolute Gasteiger partial charge is 0.396 e. The van der Waals surface area contributed by atoms with E-state index in [9.17, 15) is 0 Å². The maximum atomic E-state index is 9.16. The molecule has 0 aliphatic heterocycles. The fourth-order valence-electron chi connectivity index (χ4n) is 1.63. The molecular formula is C11H24O3. The molecular weight excluding hydrogens is 180 g/mol. The molecule has 14 heavy (non-hydrogen) atoms. The summed E-state index contributed by atoms with van der Waals surface area (Å²) in [5.74, 6) is 0.113. The zero-order valence-corrected chi connectivity index (χ0v) is 9.66. The molecule has 0 rings (SSSR count). The number of unbranched alkanes of at least 4 members (excludes halogenated alkanes) is 3. The van der Waals surface area contributed by atoms with Crippen LogP contribution >= 0.6 is 0 Å². The van der Waals surface area contributed by atoms with Gasteiger partial charge in [-0.25, -0.2) is 0 Å². The number of hydrogen-bond acceptors (Lipinski definition) is 3. The molecule has 0 bridgehead atoms. The van der Waals surface area contributed by atoms with Gasteiger partial charge in [0.25, 0.3) is 0 Å². The molecule has 0 aromatic heterocycles. The summed E-state index contributed by atoms with van der Waals surface area (Å²) >= 11 is 0. The van der Waals surface area contributed by atoms with Gasteiger partial charge in [-0.15, -0.1) is 0 Å². The predicted molar refractivity (Wildman–Crippen MR) is 57.1 cm³/mol. The summed E-state index contributed by atoms with van der Waals surface area (Å²) in [5.41, 5.74) is 0. The van der Waals surface area contributed by atoms with Crippen molar-refractivity contribution in [3.05, 3.63) is 0 Å². The highest BCUT2D eigenvalue weighted by molar-refractivity contribution is 4.61. The molecule has 0 radical (unpaired) electrons. The quantitative estimate of drug-likeness (QED) is 0.462. The van der Waals surface area contributed by atoms with E-state index in [4.69, 9.17) is 14.6 Å². The first-order chi connectivity index (χ1) is 6.79. The van der Waals surface area contributed by atoms with Crippen LogP contribution in [0.15, 0.2) is 0 Å². The second-order valence-electron chi connectivity index (χ2n) is 3.63. The fourth-order valence-corrected chi connectivity index (χ4v) is 1.63. The van der Waals surface area contributed by atoms with E-state index in [0.717, 1.165) is 12.8 Å². The van der Waals surface area contributed by atoms with Crippen molar-refractivity contribution in [3.8, 4) is 0 Å². The molecule has 0 aliphatic rings. The van der Waals surface area contributed by atoms with Crippen LogP contribution in [-0.2, 0) is 9.47 Å². The normalized spacial score (nSPS) is 13.5. The fraction of sp³-hybridized carbons (Fsp3) is 1.00. The Morgan fingerprint density at radius 1 is 1.07 bits per heavy atom. The Hall–Kier alpha value is -0.120. The van der Waals surface area contributed by atoms with Gasteiger partial charge in [0.2, 0.25) is 0 Å². The molecule has 0 heterocycles. The van der Waals surface area contributed by atoms with E-state index in [-0.39, 0.29) is 18.8 Å². The average molecular weight is 204 g/mol. The lowest BCUT2D eigenvalue weighted by atomic mass is 10.0. The van der Waals surface area contributed by atoms with E-state index in [1.165, 1.54) is 19.3 Å². The first-order valence-electron chi connectivity index (χ1n) is 5.46. The van der Waals surface area contributed by atoms with Crippen molar-refractivity contribution in [1.29, 1.82) is 0 Å². The van der Waals surface area contributed by atoms with E-state index < -0.39 is 0 Å². The lowest BCUT2D eigenvalue weighted by Crippen LogP contribution is -2.27. The SMILES string of the molecule is CCCCCCC(CO)C(OC)OC. The predicted octanol–water partition coefficient (Wildman–Crippen LogP) is 2.18. The van der Waals surface area contributed by atoms with Crippen molar-refractivity contribution in [3.63, 3.8) is 0 Å². The van der Waals surface area contributed by atoms with Crippen LogP contribution in [0.4, 0.5) is 0 Å². The number of ether oxygens (including phenoxy) is 2. The van der Waals surface area contributed by atoms with Crippen molar-refractivity contribution in [2.24, 2.45) is 5.92 Å². The van der Waals surface area contributed by atoms with Crippen LogP contribution in [0.3, 0.4) is 0 Å².